The molecular formula is C17H21Cl2N3O3. The summed E-state index contributed by atoms with van der Waals surface area (Å²) < 4.78 is 5.26. The van der Waals surface area contributed by atoms with Crippen LogP contribution >= 0.6 is 24.0 Å². The maximum absolute atomic E-state index is 12.2. The molecule has 8 heteroatoms. The van der Waals surface area contributed by atoms with Gasteiger partial charge in [-0.3, -0.25) is 4.79 Å². The third-order valence-corrected chi connectivity index (χ3v) is 4.58. The summed E-state index contributed by atoms with van der Waals surface area (Å²) >= 11 is 5.97. The number of nitrogens with two attached hydrogens (primary N) is 1. The highest BCUT2D eigenvalue weighted by Crippen LogP contribution is 2.25. The standard InChI is InChI=1S/C17H20ClN3O3.ClH/c18-12-3-1-2-10(6-12)15-8-13(24-21-15)9-20-17(23)11-4-5-16(22)14(19)7-11;/h1-3,6,8,11,14,16,22H,4-5,7,9,19H2,(H,20,23);1H/t11-,14+,16+;/m0./s1. The molecule has 4 N–H and O–H groups in total. The van der Waals surface area contributed by atoms with Gasteiger partial charge in [-0.2, -0.15) is 0 Å². The van der Waals surface area contributed by atoms with E-state index in [1.54, 1.807) is 18.2 Å². The Hall–Kier alpha value is -1.60. The smallest absolute Gasteiger partial charge is 0.223 e. The third-order valence-electron chi connectivity index (χ3n) is 4.35. The predicted octanol–water partition coefficient (Wildman–Crippen LogP) is 2.52. The molecule has 3 atom stereocenters. The summed E-state index contributed by atoms with van der Waals surface area (Å²) in [6, 6.07) is 8.76. The normalized spacial score (nSPS) is 22.9. The van der Waals surface area contributed by atoms with E-state index in [2.05, 4.69) is 10.5 Å². The van der Waals surface area contributed by atoms with Gasteiger partial charge in [-0.15, -0.1) is 12.4 Å². The number of aliphatic hydroxyl groups is 1. The fourth-order valence-electron chi connectivity index (χ4n) is 2.93. The zero-order valence-electron chi connectivity index (χ0n) is 13.5. The first-order chi connectivity index (χ1) is 11.5. The van der Waals surface area contributed by atoms with Crippen molar-refractivity contribution >= 4 is 29.9 Å². The Morgan fingerprint density at radius 1 is 1.40 bits per heavy atom. The minimum absolute atomic E-state index is 0. The topological polar surface area (TPSA) is 101 Å². The first kappa shape index (κ1) is 19.7. The van der Waals surface area contributed by atoms with E-state index in [1.807, 2.05) is 12.1 Å². The van der Waals surface area contributed by atoms with Crippen LogP contribution in [0.25, 0.3) is 11.3 Å². The number of amides is 1. The van der Waals surface area contributed by atoms with Crippen LogP contribution in [-0.4, -0.2) is 28.3 Å². The highest BCUT2D eigenvalue weighted by molar-refractivity contribution is 6.30. The summed E-state index contributed by atoms with van der Waals surface area (Å²) in [4.78, 5) is 12.2. The Morgan fingerprint density at radius 3 is 2.92 bits per heavy atom. The molecule has 1 fully saturated rings. The second-order valence-electron chi connectivity index (χ2n) is 6.15. The van der Waals surface area contributed by atoms with Crippen LogP contribution < -0.4 is 11.1 Å². The first-order valence-corrected chi connectivity index (χ1v) is 8.33. The van der Waals surface area contributed by atoms with Crippen molar-refractivity contribution in [2.24, 2.45) is 11.7 Å². The molecule has 1 aliphatic carbocycles. The minimum atomic E-state index is -0.511. The van der Waals surface area contributed by atoms with E-state index in [-0.39, 0.29) is 36.8 Å². The molecule has 25 heavy (non-hydrogen) atoms. The van der Waals surface area contributed by atoms with Crippen LogP contribution in [0, 0.1) is 5.92 Å². The molecule has 6 nitrogen and oxygen atoms in total. The van der Waals surface area contributed by atoms with Crippen molar-refractivity contribution in [2.75, 3.05) is 0 Å². The lowest BCUT2D eigenvalue weighted by Crippen LogP contribution is -2.44. The molecular weight excluding hydrogens is 365 g/mol. The highest BCUT2D eigenvalue weighted by atomic mass is 35.5. The molecule has 1 aromatic carbocycles. The maximum Gasteiger partial charge on any atom is 0.223 e. The molecule has 1 aliphatic rings. The maximum atomic E-state index is 12.2. The van der Waals surface area contributed by atoms with E-state index in [4.69, 9.17) is 21.9 Å². The van der Waals surface area contributed by atoms with Gasteiger partial charge in [-0.1, -0.05) is 28.9 Å². The summed E-state index contributed by atoms with van der Waals surface area (Å²) in [7, 11) is 0. The van der Waals surface area contributed by atoms with Crippen molar-refractivity contribution in [1.82, 2.24) is 10.5 Å². The van der Waals surface area contributed by atoms with Gasteiger partial charge >= 0.3 is 0 Å². The van der Waals surface area contributed by atoms with Crippen molar-refractivity contribution in [3.8, 4) is 11.3 Å². The molecule has 136 valence electrons. The number of halogens is 2. The van der Waals surface area contributed by atoms with Crippen LogP contribution in [0.15, 0.2) is 34.9 Å². The Bertz CT molecular complexity index is 723. The number of nitrogens with one attached hydrogen (secondary N) is 1. The predicted molar refractivity (Wildman–Crippen MR) is 97.4 cm³/mol. The van der Waals surface area contributed by atoms with Crippen LogP contribution in [0.4, 0.5) is 0 Å². The lowest BCUT2D eigenvalue weighted by molar-refractivity contribution is -0.127. The number of benzene rings is 1. The van der Waals surface area contributed by atoms with E-state index < -0.39 is 6.10 Å². The number of carbonyl (C=O) groups excluding carboxylic acids is 1. The summed E-state index contributed by atoms with van der Waals surface area (Å²) in [5.74, 6) is 0.329. The number of hydrogen-bond donors (Lipinski definition) is 3. The van der Waals surface area contributed by atoms with Gasteiger partial charge in [0.25, 0.3) is 0 Å². The molecule has 1 amide bonds. The zero-order valence-corrected chi connectivity index (χ0v) is 15.1. The van der Waals surface area contributed by atoms with Gasteiger partial charge in [0, 0.05) is 28.6 Å². The van der Waals surface area contributed by atoms with Crippen molar-refractivity contribution in [3.63, 3.8) is 0 Å². The fraction of sp³-hybridized carbons (Fsp3) is 0.412. The van der Waals surface area contributed by atoms with Gasteiger partial charge in [0.1, 0.15) is 5.69 Å². The minimum Gasteiger partial charge on any atom is -0.392 e. The largest absolute Gasteiger partial charge is 0.392 e. The van der Waals surface area contributed by atoms with Gasteiger partial charge in [0.15, 0.2) is 5.76 Å². The lowest BCUT2D eigenvalue weighted by Gasteiger charge is -2.29. The molecule has 0 unspecified atom stereocenters. The number of carbonyl (C=O) groups is 1. The first-order valence-electron chi connectivity index (χ1n) is 7.96. The molecule has 0 aliphatic heterocycles. The number of hydrogen-bond acceptors (Lipinski definition) is 5. The Labute approximate surface area is 157 Å². The second kappa shape index (κ2) is 8.67. The molecule has 2 aromatic rings. The SMILES string of the molecule is Cl.N[C@@H]1C[C@@H](C(=O)NCc2cc(-c3cccc(Cl)c3)no2)CC[C@H]1O. The van der Waals surface area contributed by atoms with Crippen molar-refractivity contribution in [3.05, 3.63) is 41.1 Å². The summed E-state index contributed by atoms with van der Waals surface area (Å²) in [6.45, 7) is 0.265. The van der Waals surface area contributed by atoms with Crippen LogP contribution in [0.3, 0.4) is 0 Å². The molecule has 1 heterocycles. The Balaban J connectivity index is 0.00000225. The van der Waals surface area contributed by atoms with E-state index in [0.29, 0.717) is 35.7 Å². The van der Waals surface area contributed by atoms with Gasteiger partial charge in [0.05, 0.1) is 12.6 Å². The van der Waals surface area contributed by atoms with E-state index in [9.17, 15) is 9.90 Å². The molecule has 0 bridgehead atoms. The van der Waals surface area contributed by atoms with Gasteiger partial charge in [0.2, 0.25) is 5.91 Å². The molecule has 0 radical (unpaired) electrons. The average Bonchev–Trinajstić information content (AvgIpc) is 3.04. The Kier molecular flexibility index (Phi) is 6.84. The van der Waals surface area contributed by atoms with E-state index >= 15 is 0 Å². The van der Waals surface area contributed by atoms with E-state index in [1.165, 1.54) is 0 Å². The Morgan fingerprint density at radius 2 is 2.20 bits per heavy atom. The summed E-state index contributed by atoms with van der Waals surface area (Å²) in [5, 5.41) is 17.1. The molecule has 3 rings (SSSR count). The lowest BCUT2D eigenvalue weighted by atomic mass is 9.84. The van der Waals surface area contributed by atoms with E-state index in [0.717, 1.165) is 5.56 Å². The van der Waals surface area contributed by atoms with Crippen molar-refractivity contribution in [1.29, 1.82) is 0 Å². The number of aromatic nitrogens is 1. The van der Waals surface area contributed by atoms with Gasteiger partial charge in [-0.25, -0.2) is 0 Å². The number of rotatable bonds is 4. The molecule has 1 aromatic heterocycles. The highest BCUT2D eigenvalue weighted by Gasteiger charge is 2.30. The van der Waals surface area contributed by atoms with Crippen LogP contribution in [0.5, 0.6) is 0 Å². The molecule has 0 saturated heterocycles. The molecule has 1 saturated carbocycles. The number of aliphatic hydroxyl groups excluding tert-OH is 1. The fourth-order valence-corrected chi connectivity index (χ4v) is 3.12. The van der Waals surface area contributed by atoms with Crippen molar-refractivity contribution < 1.29 is 14.4 Å². The number of nitrogens with zero attached hydrogens (tertiary/aromatic N) is 1. The third kappa shape index (κ3) is 4.95. The summed E-state index contributed by atoms with van der Waals surface area (Å²) in [6.07, 6.45) is 1.19. The second-order valence-corrected chi connectivity index (χ2v) is 6.58. The summed E-state index contributed by atoms with van der Waals surface area (Å²) in [5.41, 5.74) is 7.35. The van der Waals surface area contributed by atoms with Crippen LogP contribution in [0.1, 0.15) is 25.0 Å². The molecule has 0 spiro atoms. The van der Waals surface area contributed by atoms with Crippen LogP contribution in [0.2, 0.25) is 5.02 Å². The quantitative estimate of drug-likeness (QED) is 0.750. The van der Waals surface area contributed by atoms with Gasteiger partial charge in [-0.05, 0) is 31.4 Å². The monoisotopic (exact) mass is 385 g/mol. The zero-order chi connectivity index (χ0) is 17.1. The van der Waals surface area contributed by atoms with Crippen LogP contribution in [-0.2, 0) is 11.3 Å². The average molecular weight is 386 g/mol. The van der Waals surface area contributed by atoms with Crippen molar-refractivity contribution in [2.45, 2.75) is 38.0 Å². The van der Waals surface area contributed by atoms with Gasteiger partial charge < -0.3 is 20.7 Å².